The van der Waals surface area contributed by atoms with Crippen LogP contribution in [0.3, 0.4) is 0 Å². The largest absolute Gasteiger partial charge is 0.396 e. The van der Waals surface area contributed by atoms with E-state index in [1.165, 1.54) is 0 Å². The van der Waals surface area contributed by atoms with Gasteiger partial charge in [0.2, 0.25) is 0 Å². The van der Waals surface area contributed by atoms with E-state index in [-0.39, 0.29) is 18.6 Å². The Balaban J connectivity index is 3.41. The molecule has 0 aromatic rings. The van der Waals surface area contributed by atoms with Gasteiger partial charge >= 0.3 is 0 Å². The Labute approximate surface area is 62.9 Å². The predicted molar refractivity (Wildman–Crippen MR) is 41.8 cm³/mol. The van der Waals surface area contributed by atoms with Gasteiger partial charge in [0.25, 0.3) is 0 Å². The Morgan fingerprint density at radius 3 is 2.10 bits per heavy atom. The molecule has 0 unspecified atom stereocenters. The van der Waals surface area contributed by atoms with Crippen molar-refractivity contribution in [2.75, 3.05) is 6.61 Å². The molecule has 0 rings (SSSR count). The fourth-order valence-corrected chi connectivity index (χ4v) is 0.922. The van der Waals surface area contributed by atoms with Crippen molar-refractivity contribution in [1.29, 1.82) is 0 Å². The molecule has 0 aromatic heterocycles. The zero-order chi connectivity index (χ0) is 7.98. The lowest BCUT2D eigenvalue weighted by Gasteiger charge is -2.14. The van der Waals surface area contributed by atoms with Gasteiger partial charge in [0.15, 0.2) is 0 Å². The normalized spacial score (nSPS) is 16.8. The van der Waals surface area contributed by atoms with Crippen molar-refractivity contribution in [3.05, 3.63) is 0 Å². The van der Waals surface area contributed by atoms with E-state index in [1.807, 2.05) is 13.8 Å². The van der Waals surface area contributed by atoms with Crippen molar-refractivity contribution in [2.24, 2.45) is 5.92 Å². The van der Waals surface area contributed by atoms with Crippen molar-refractivity contribution in [3.8, 4) is 0 Å². The van der Waals surface area contributed by atoms with E-state index in [2.05, 4.69) is 0 Å². The molecule has 2 atom stereocenters. The highest BCUT2D eigenvalue weighted by atomic mass is 16.3. The first-order valence-corrected chi connectivity index (χ1v) is 4.03. The number of aliphatic hydroxyl groups excluding tert-OH is 2. The fourth-order valence-electron chi connectivity index (χ4n) is 0.922. The van der Waals surface area contributed by atoms with Crippen molar-refractivity contribution < 1.29 is 10.2 Å². The quantitative estimate of drug-likeness (QED) is 0.611. The van der Waals surface area contributed by atoms with Gasteiger partial charge in [0, 0.05) is 6.61 Å². The highest BCUT2D eigenvalue weighted by Crippen LogP contribution is 2.11. The van der Waals surface area contributed by atoms with E-state index in [9.17, 15) is 5.11 Å². The van der Waals surface area contributed by atoms with Gasteiger partial charge in [-0.05, 0) is 18.8 Å². The zero-order valence-electron chi connectivity index (χ0n) is 6.88. The molecule has 62 valence electrons. The van der Waals surface area contributed by atoms with Crippen molar-refractivity contribution in [3.63, 3.8) is 0 Å². The van der Waals surface area contributed by atoms with Gasteiger partial charge in [-0.2, -0.15) is 0 Å². The second kappa shape index (κ2) is 5.69. The summed E-state index contributed by atoms with van der Waals surface area (Å²) >= 11 is 0. The minimum Gasteiger partial charge on any atom is -0.396 e. The smallest absolute Gasteiger partial charge is 0.0541 e. The van der Waals surface area contributed by atoms with E-state index in [1.54, 1.807) is 0 Å². The van der Waals surface area contributed by atoms with E-state index in [4.69, 9.17) is 5.11 Å². The first-order chi connectivity index (χ1) is 4.74. The van der Waals surface area contributed by atoms with Crippen LogP contribution in [-0.2, 0) is 0 Å². The summed E-state index contributed by atoms with van der Waals surface area (Å²) < 4.78 is 0. The van der Waals surface area contributed by atoms with E-state index >= 15 is 0 Å². The van der Waals surface area contributed by atoms with Crippen molar-refractivity contribution in [2.45, 2.75) is 39.2 Å². The summed E-state index contributed by atoms with van der Waals surface area (Å²) in [7, 11) is 0. The summed E-state index contributed by atoms with van der Waals surface area (Å²) in [5.74, 6) is 0.287. The molecule has 2 N–H and O–H groups in total. The SMILES string of the molecule is CC[C@H](O)C[C@@H](CC)CO. The van der Waals surface area contributed by atoms with Gasteiger partial charge in [0.05, 0.1) is 6.10 Å². The van der Waals surface area contributed by atoms with Crippen LogP contribution in [0, 0.1) is 5.92 Å². The molecule has 0 heterocycles. The minimum atomic E-state index is -0.225. The van der Waals surface area contributed by atoms with Crippen LogP contribution < -0.4 is 0 Å². The fraction of sp³-hybridized carbons (Fsp3) is 1.00. The van der Waals surface area contributed by atoms with Gasteiger partial charge in [-0.3, -0.25) is 0 Å². The van der Waals surface area contributed by atoms with Crippen LogP contribution in [0.25, 0.3) is 0 Å². The molecule has 0 radical (unpaired) electrons. The first kappa shape index (κ1) is 9.92. The van der Waals surface area contributed by atoms with Gasteiger partial charge < -0.3 is 10.2 Å². The van der Waals surface area contributed by atoms with Crippen LogP contribution in [-0.4, -0.2) is 22.9 Å². The van der Waals surface area contributed by atoms with E-state index in [0.717, 1.165) is 19.3 Å². The summed E-state index contributed by atoms with van der Waals surface area (Å²) in [5.41, 5.74) is 0. The molecule has 0 aliphatic rings. The summed E-state index contributed by atoms with van der Waals surface area (Å²) in [6.07, 6.45) is 2.25. The number of hydrogen-bond acceptors (Lipinski definition) is 2. The second-order valence-electron chi connectivity index (χ2n) is 2.75. The third-order valence-corrected chi connectivity index (χ3v) is 1.91. The zero-order valence-corrected chi connectivity index (χ0v) is 6.88. The van der Waals surface area contributed by atoms with E-state index < -0.39 is 0 Å². The van der Waals surface area contributed by atoms with Gasteiger partial charge in [0.1, 0.15) is 0 Å². The molecule has 10 heavy (non-hydrogen) atoms. The molecule has 0 aliphatic carbocycles. The maximum Gasteiger partial charge on any atom is 0.0541 e. The van der Waals surface area contributed by atoms with Crippen LogP contribution in [0.4, 0.5) is 0 Å². The maximum absolute atomic E-state index is 9.18. The summed E-state index contributed by atoms with van der Waals surface area (Å²) in [6, 6.07) is 0. The molecular weight excluding hydrogens is 128 g/mol. The summed E-state index contributed by atoms with van der Waals surface area (Å²) in [5, 5.41) is 17.9. The molecule has 0 saturated carbocycles. The molecule has 0 fully saturated rings. The molecule has 0 aliphatic heterocycles. The molecule has 0 spiro atoms. The summed E-state index contributed by atoms with van der Waals surface area (Å²) in [4.78, 5) is 0. The molecule has 0 saturated heterocycles. The third-order valence-electron chi connectivity index (χ3n) is 1.91. The Morgan fingerprint density at radius 2 is 1.80 bits per heavy atom. The number of hydrogen-bond donors (Lipinski definition) is 2. The van der Waals surface area contributed by atoms with Gasteiger partial charge in [-0.15, -0.1) is 0 Å². The molecule has 0 bridgehead atoms. The average molecular weight is 146 g/mol. The van der Waals surface area contributed by atoms with Crippen molar-refractivity contribution >= 4 is 0 Å². The Bertz CT molecular complexity index is 69.7. The van der Waals surface area contributed by atoms with Gasteiger partial charge in [-0.25, -0.2) is 0 Å². The molecule has 2 nitrogen and oxygen atoms in total. The molecular formula is C8H18O2. The standard InChI is InChI=1S/C8H18O2/c1-3-7(6-9)5-8(10)4-2/h7-10H,3-6H2,1-2H3/t7-,8+/m1/s1. The average Bonchev–Trinajstić information content (AvgIpc) is 1.99. The minimum absolute atomic E-state index is 0.202. The number of aliphatic hydroxyl groups is 2. The molecule has 0 aromatic carbocycles. The monoisotopic (exact) mass is 146 g/mol. The molecule has 2 heteroatoms. The third kappa shape index (κ3) is 3.85. The van der Waals surface area contributed by atoms with E-state index in [0.29, 0.717) is 0 Å². The topological polar surface area (TPSA) is 40.5 Å². The van der Waals surface area contributed by atoms with Crippen LogP contribution in [0.5, 0.6) is 0 Å². The van der Waals surface area contributed by atoms with Crippen LogP contribution in [0.2, 0.25) is 0 Å². The predicted octanol–water partition coefficient (Wildman–Crippen LogP) is 1.17. The molecule has 0 amide bonds. The van der Waals surface area contributed by atoms with Crippen LogP contribution in [0.1, 0.15) is 33.1 Å². The lowest BCUT2D eigenvalue weighted by molar-refractivity contribution is 0.111. The summed E-state index contributed by atoms with van der Waals surface area (Å²) in [6.45, 7) is 4.19. The Hall–Kier alpha value is -0.0800. The van der Waals surface area contributed by atoms with Crippen LogP contribution >= 0.6 is 0 Å². The lowest BCUT2D eigenvalue weighted by atomic mass is 9.99. The first-order valence-electron chi connectivity index (χ1n) is 4.03. The maximum atomic E-state index is 9.18. The highest BCUT2D eigenvalue weighted by Gasteiger charge is 2.09. The van der Waals surface area contributed by atoms with Gasteiger partial charge in [-0.1, -0.05) is 20.3 Å². The van der Waals surface area contributed by atoms with Crippen LogP contribution in [0.15, 0.2) is 0 Å². The number of rotatable bonds is 5. The Morgan fingerprint density at radius 1 is 1.20 bits per heavy atom. The second-order valence-corrected chi connectivity index (χ2v) is 2.75. The Kier molecular flexibility index (Phi) is 5.64. The highest BCUT2D eigenvalue weighted by molar-refractivity contribution is 4.61. The van der Waals surface area contributed by atoms with Crippen molar-refractivity contribution in [1.82, 2.24) is 0 Å². The lowest BCUT2D eigenvalue weighted by Crippen LogP contribution is -2.14.